The van der Waals surface area contributed by atoms with Gasteiger partial charge in [-0.15, -0.1) is 0 Å². The summed E-state index contributed by atoms with van der Waals surface area (Å²) < 4.78 is 31.0. The Kier molecular flexibility index (Phi) is 4.06. The highest BCUT2D eigenvalue weighted by molar-refractivity contribution is 5.31. The highest BCUT2D eigenvalue weighted by Crippen LogP contribution is 2.23. The molecule has 1 rings (SSSR count). The van der Waals surface area contributed by atoms with Gasteiger partial charge in [-0.2, -0.15) is 0 Å². The van der Waals surface area contributed by atoms with E-state index < -0.39 is 6.17 Å². The zero-order valence-corrected chi connectivity index (χ0v) is 9.26. The van der Waals surface area contributed by atoms with E-state index in [1.54, 1.807) is 6.07 Å². The predicted molar refractivity (Wildman–Crippen MR) is 56.6 cm³/mol. The van der Waals surface area contributed by atoms with E-state index in [0.717, 1.165) is 0 Å². The minimum Gasteiger partial charge on any atom is -0.491 e. The third kappa shape index (κ3) is 3.50. The number of hydrogen-bond donors (Lipinski definition) is 0. The second-order valence-electron chi connectivity index (χ2n) is 3.93. The van der Waals surface area contributed by atoms with Gasteiger partial charge >= 0.3 is 0 Å². The first-order valence-corrected chi connectivity index (χ1v) is 5.07. The van der Waals surface area contributed by atoms with Crippen LogP contribution in [0.2, 0.25) is 0 Å². The third-order valence-corrected chi connectivity index (χ3v) is 2.07. The van der Waals surface area contributed by atoms with Crippen molar-refractivity contribution in [2.75, 3.05) is 6.61 Å². The van der Waals surface area contributed by atoms with Gasteiger partial charge in [0.05, 0.1) is 0 Å². The number of halogens is 2. The van der Waals surface area contributed by atoms with Gasteiger partial charge in [0, 0.05) is 0 Å². The van der Waals surface area contributed by atoms with E-state index in [1.807, 2.05) is 13.8 Å². The lowest BCUT2D eigenvalue weighted by Gasteiger charge is -2.11. The fourth-order valence-electron chi connectivity index (χ4n) is 1.27. The average Bonchev–Trinajstić information content (AvgIpc) is 2.16. The Morgan fingerprint density at radius 2 is 1.93 bits per heavy atom. The molecule has 15 heavy (non-hydrogen) atoms. The molecule has 0 bridgehead atoms. The lowest BCUT2D eigenvalue weighted by atomic mass is 10.0. The molecular weight excluding hydrogens is 198 g/mol. The zero-order valence-electron chi connectivity index (χ0n) is 9.26. The number of alkyl halides is 1. The number of benzene rings is 1. The zero-order chi connectivity index (χ0) is 11.4. The Labute approximate surface area is 89.1 Å². The number of ether oxygens (including phenoxy) is 1. The minimum absolute atomic E-state index is 0.00314. The van der Waals surface area contributed by atoms with Crippen LogP contribution in [0.15, 0.2) is 18.2 Å². The van der Waals surface area contributed by atoms with Crippen molar-refractivity contribution >= 4 is 0 Å². The Hall–Kier alpha value is -1.12. The molecule has 0 aliphatic carbocycles. The van der Waals surface area contributed by atoms with E-state index in [1.165, 1.54) is 19.1 Å². The van der Waals surface area contributed by atoms with Gasteiger partial charge in [0.25, 0.3) is 0 Å². The molecule has 0 aliphatic rings. The van der Waals surface area contributed by atoms with E-state index in [-0.39, 0.29) is 18.3 Å². The van der Waals surface area contributed by atoms with E-state index in [9.17, 15) is 8.78 Å². The molecule has 0 spiro atoms. The molecule has 1 aromatic rings. The van der Waals surface area contributed by atoms with Crippen LogP contribution >= 0.6 is 0 Å². The van der Waals surface area contributed by atoms with E-state index in [2.05, 4.69) is 0 Å². The summed E-state index contributed by atoms with van der Waals surface area (Å²) in [6.45, 7) is 5.23. The van der Waals surface area contributed by atoms with Crippen molar-refractivity contribution in [2.24, 2.45) is 0 Å². The summed E-state index contributed by atoms with van der Waals surface area (Å²) in [4.78, 5) is 0. The third-order valence-electron chi connectivity index (χ3n) is 2.07. The van der Waals surface area contributed by atoms with E-state index in [0.29, 0.717) is 11.3 Å². The van der Waals surface area contributed by atoms with Gasteiger partial charge in [0.15, 0.2) is 0 Å². The standard InChI is InChI=1S/C12H16F2O/c1-8(2)11-6-10(4-5-12(11)14)15-7-9(3)13/h4-6,8-9H,7H2,1-3H3. The van der Waals surface area contributed by atoms with Gasteiger partial charge in [-0.25, -0.2) is 8.78 Å². The summed E-state index contributed by atoms with van der Waals surface area (Å²) in [5.74, 6) is 0.367. The van der Waals surface area contributed by atoms with Crippen molar-refractivity contribution in [1.82, 2.24) is 0 Å². The van der Waals surface area contributed by atoms with Crippen molar-refractivity contribution in [2.45, 2.75) is 32.9 Å². The van der Waals surface area contributed by atoms with Gasteiger partial charge in [-0.3, -0.25) is 0 Å². The van der Waals surface area contributed by atoms with Gasteiger partial charge < -0.3 is 4.74 Å². The summed E-state index contributed by atoms with van der Waals surface area (Å²) >= 11 is 0. The smallest absolute Gasteiger partial charge is 0.131 e. The Balaban J connectivity index is 2.78. The fraction of sp³-hybridized carbons (Fsp3) is 0.500. The summed E-state index contributed by atoms with van der Waals surface area (Å²) in [6.07, 6.45) is -1.02. The van der Waals surface area contributed by atoms with Crippen LogP contribution in [0, 0.1) is 5.82 Å². The molecule has 0 radical (unpaired) electrons. The molecule has 84 valence electrons. The SMILES string of the molecule is CC(F)COc1ccc(F)c(C(C)C)c1. The summed E-state index contributed by atoms with van der Waals surface area (Å²) in [5.41, 5.74) is 0.596. The molecule has 0 amide bonds. The van der Waals surface area contributed by atoms with Crippen LogP contribution in [-0.4, -0.2) is 12.8 Å². The first-order valence-electron chi connectivity index (χ1n) is 5.07. The van der Waals surface area contributed by atoms with E-state index in [4.69, 9.17) is 4.74 Å². The van der Waals surface area contributed by atoms with Crippen LogP contribution in [0.5, 0.6) is 5.75 Å². The van der Waals surface area contributed by atoms with Gasteiger partial charge in [-0.05, 0) is 36.6 Å². The molecule has 0 saturated carbocycles. The molecule has 0 heterocycles. The maximum Gasteiger partial charge on any atom is 0.131 e. The predicted octanol–water partition coefficient (Wildman–Crippen LogP) is 3.69. The Bertz CT molecular complexity index is 321. The van der Waals surface area contributed by atoms with Crippen molar-refractivity contribution in [1.29, 1.82) is 0 Å². The molecule has 1 aromatic carbocycles. The quantitative estimate of drug-likeness (QED) is 0.742. The number of rotatable bonds is 4. The first kappa shape index (κ1) is 12.0. The summed E-state index contributed by atoms with van der Waals surface area (Å²) in [5, 5.41) is 0. The molecule has 1 unspecified atom stereocenters. The molecule has 3 heteroatoms. The molecule has 1 nitrogen and oxygen atoms in total. The van der Waals surface area contributed by atoms with Gasteiger partial charge in [0.1, 0.15) is 24.3 Å². The van der Waals surface area contributed by atoms with Crippen molar-refractivity contribution < 1.29 is 13.5 Å². The maximum atomic E-state index is 13.3. The topological polar surface area (TPSA) is 9.23 Å². The minimum atomic E-state index is -1.02. The van der Waals surface area contributed by atoms with Crippen LogP contribution in [0.4, 0.5) is 8.78 Å². The van der Waals surface area contributed by atoms with Crippen LogP contribution < -0.4 is 4.74 Å². The molecule has 1 atom stereocenters. The highest BCUT2D eigenvalue weighted by atomic mass is 19.1. The highest BCUT2D eigenvalue weighted by Gasteiger charge is 2.08. The van der Waals surface area contributed by atoms with Crippen LogP contribution in [0.25, 0.3) is 0 Å². The normalized spacial score (nSPS) is 12.9. The largest absolute Gasteiger partial charge is 0.491 e. The summed E-state index contributed by atoms with van der Waals surface area (Å²) in [6, 6.07) is 4.50. The van der Waals surface area contributed by atoms with Crippen LogP contribution in [0.1, 0.15) is 32.3 Å². The Morgan fingerprint density at radius 1 is 1.27 bits per heavy atom. The van der Waals surface area contributed by atoms with Gasteiger partial charge in [-0.1, -0.05) is 13.8 Å². The molecule has 0 aromatic heterocycles. The number of hydrogen-bond acceptors (Lipinski definition) is 1. The van der Waals surface area contributed by atoms with Crippen LogP contribution in [-0.2, 0) is 0 Å². The first-order chi connectivity index (χ1) is 7.00. The van der Waals surface area contributed by atoms with Crippen LogP contribution in [0.3, 0.4) is 0 Å². The van der Waals surface area contributed by atoms with Crippen molar-refractivity contribution in [3.8, 4) is 5.75 Å². The van der Waals surface area contributed by atoms with Crippen molar-refractivity contribution in [3.63, 3.8) is 0 Å². The summed E-state index contributed by atoms with van der Waals surface area (Å²) in [7, 11) is 0. The second kappa shape index (κ2) is 5.10. The molecule has 0 fully saturated rings. The Morgan fingerprint density at radius 3 is 2.47 bits per heavy atom. The molecule has 0 aliphatic heterocycles. The maximum absolute atomic E-state index is 13.3. The molecule has 0 N–H and O–H groups in total. The second-order valence-corrected chi connectivity index (χ2v) is 3.93. The lowest BCUT2D eigenvalue weighted by Crippen LogP contribution is -2.08. The molecule has 0 saturated heterocycles. The van der Waals surface area contributed by atoms with Gasteiger partial charge in [0.2, 0.25) is 0 Å². The van der Waals surface area contributed by atoms with E-state index >= 15 is 0 Å². The molecular formula is C12H16F2O. The van der Waals surface area contributed by atoms with Crippen molar-refractivity contribution in [3.05, 3.63) is 29.6 Å². The fourth-order valence-corrected chi connectivity index (χ4v) is 1.27. The average molecular weight is 214 g/mol. The monoisotopic (exact) mass is 214 g/mol. The lowest BCUT2D eigenvalue weighted by molar-refractivity contribution is 0.209.